The van der Waals surface area contributed by atoms with Gasteiger partial charge >= 0.3 is 0 Å². The van der Waals surface area contributed by atoms with Crippen LogP contribution in [0.25, 0.3) is 0 Å². The number of hydrogen-bond acceptors (Lipinski definition) is 4. The molecule has 1 N–H and O–H groups in total. The Bertz CT molecular complexity index is 322. The molecule has 16 heavy (non-hydrogen) atoms. The Kier molecular flexibility index (Phi) is 4.07. The van der Waals surface area contributed by atoms with E-state index in [1.54, 1.807) is 0 Å². The lowest BCUT2D eigenvalue weighted by atomic mass is 10.2. The minimum atomic E-state index is -0.425. The maximum absolute atomic E-state index is 9.65. The third kappa shape index (κ3) is 2.68. The normalized spacial score (nSPS) is 18.5. The molecule has 2 heterocycles. The Labute approximate surface area is 101 Å². The van der Waals surface area contributed by atoms with Crippen LogP contribution in [0.4, 0.5) is 5.69 Å². The summed E-state index contributed by atoms with van der Waals surface area (Å²) in [6.07, 6.45) is 2.17. The maximum atomic E-state index is 9.65. The van der Waals surface area contributed by atoms with E-state index >= 15 is 0 Å². The van der Waals surface area contributed by atoms with Gasteiger partial charge in [0, 0.05) is 24.6 Å². The summed E-state index contributed by atoms with van der Waals surface area (Å²) in [7, 11) is 0. The molecule has 1 saturated heterocycles. The lowest BCUT2D eigenvalue weighted by molar-refractivity contribution is 0.169. The first-order valence-corrected chi connectivity index (χ1v) is 6.93. The van der Waals surface area contributed by atoms with Crippen molar-refractivity contribution in [3.05, 3.63) is 24.0 Å². The number of thioether (sulfide) groups is 1. The highest BCUT2D eigenvalue weighted by Gasteiger charge is 2.12. The van der Waals surface area contributed by atoms with Gasteiger partial charge < -0.3 is 10.0 Å². The predicted molar refractivity (Wildman–Crippen MR) is 69.0 cm³/mol. The molecule has 1 fully saturated rings. The number of nitrogens with zero attached hydrogens (tertiary/aromatic N) is 2. The van der Waals surface area contributed by atoms with E-state index < -0.39 is 6.10 Å². The monoisotopic (exact) mass is 238 g/mol. The number of aliphatic hydroxyl groups is 1. The van der Waals surface area contributed by atoms with Gasteiger partial charge in [-0.15, -0.1) is 0 Å². The number of anilines is 1. The molecule has 4 heteroatoms. The van der Waals surface area contributed by atoms with Crippen LogP contribution >= 0.6 is 11.8 Å². The van der Waals surface area contributed by atoms with Crippen molar-refractivity contribution in [2.45, 2.75) is 19.4 Å². The molecule has 1 aliphatic rings. The van der Waals surface area contributed by atoms with Crippen LogP contribution in [0.3, 0.4) is 0 Å². The first-order valence-electron chi connectivity index (χ1n) is 5.78. The molecule has 1 aromatic rings. The van der Waals surface area contributed by atoms with Crippen LogP contribution in [-0.4, -0.2) is 34.7 Å². The average molecular weight is 238 g/mol. The highest BCUT2D eigenvalue weighted by Crippen LogP contribution is 2.21. The summed E-state index contributed by atoms with van der Waals surface area (Å²) >= 11 is 2.00. The van der Waals surface area contributed by atoms with E-state index in [2.05, 4.69) is 16.0 Å². The van der Waals surface area contributed by atoms with Crippen LogP contribution in [0.5, 0.6) is 0 Å². The Hall–Kier alpha value is -0.740. The average Bonchev–Trinajstić information content (AvgIpc) is 2.39. The third-order valence-corrected chi connectivity index (χ3v) is 3.82. The third-order valence-electron chi connectivity index (χ3n) is 2.88. The number of pyridine rings is 1. The van der Waals surface area contributed by atoms with Gasteiger partial charge in [0.1, 0.15) is 0 Å². The van der Waals surface area contributed by atoms with Crippen LogP contribution in [0.15, 0.2) is 18.3 Å². The van der Waals surface area contributed by atoms with Crippen LogP contribution < -0.4 is 4.90 Å². The van der Waals surface area contributed by atoms with Crippen molar-refractivity contribution < 1.29 is 5.11 Å². The van der Waals surface area contributed by atoms with E-state index in [1.807, 2.05) is 30.9 Å². The van der Waals surface area contributed by atoms with Gasteiger partial charge in [0.05, 0.1) is 23.7 Å². The number of hydrogen-bond donors (Lipinski definition) is 1. The summed E-state index contributed by atoms with van der Waals surface area (Å²) in [5, 5.41) is 9.65. The molecule has 3 nitrogen and oxygen atoms in total. The van der Waals surface area contributed by atoms with Crippen LogP contribution in [0.2, 0.25) is 0 Å². The lowest BCUT2D eigenvalue weighted by Crippen LogP contribution is -2.32. The molecular formula is C12H18N2OS. The zero-order chi connectivity index (χ0) is 11.4. The van der Waals surface area contributed by atoms with Gasteiger partial charge in [-0.05, 0) is 18.6 Å². The van der Waals surface area contributed by atoms with Gasteiger partial charge in [0.25, 0.3) is 0 Å². The van der Waals surface area contributed by atoms with Crippen molar-refractivity contribution in [2.24, 2.45) is 0 Å². The zero-order valence-electron chi connectivity index (χ0n) is 9.59. The molecule has 88 valence electrons. The molecular weight excluding hydrogens is 220 g/mol. The quantitative estimate of drug-likeness (QED) is 0.874. The van der Waals surface area contributed by atoms with Crippen molar-refractivity contribution in [1.82, 2.24) is 4.98 Å². The van der Waals surface area contributed by atoms with Crippen LogP contribution in [-0.2, 0) is 0 Å². The van der Waals surface area contributed by atoms with E-state index in [0.29, 0.717) is 6.42 Å². The molecule has 0 amide bonds. The molecule has 1 atom stereocenters. The second kappa shape index (κ2) is 5.55. The van der Waals surface area contributed by atoms with Gasteiger partial charge in [0.15, 0.2) is 0 Å². The van der Waals surface area contributed by atoms with E-state index in [-0.39, 0.29) is 0 Å². The van der Waals surface area contributed by atoms with E-state index in [9.17, 15) is 5.11 Å². The number of aromatic nitrogens is 1. The number of rotatable bonds is 3. The topological polar surface area (TPSA) is 36.4 Å². The maximum Gasteiger partial charge on any atom is 0.0957 e. The SMILES string of the molecule is CCC(O)c1ccc(N2CCSCC2)cn1. The zero-order valence-corrected chi connectivity index (χ0v) is 10.4. The van der Waals surface area contributed by atoms with E-state index in [1.165, 1.54) is 17.2 Å². The molecule has 0 aromatic carbocycles. The fourth-order valence-electron chi connectivity index (χ4n) is 1.81. The van der Waals surface area contributed by atoms with Gasteiger partial charge in [-0.2, -0.15) is 11.8 Å². The summed E-state index contributed by atoms with van der Waals surface area (Å²) in [6, 6.07) is 4.00. The van der Waals surface area contributed by atoms with E-state index in [0.717, 1.165) is 18.8 Å². The minimum Gasteiger partial charge on any atom is -0.387 e. The summed E-state index contributed by atoms with van der Waals surface area (Å²) in [5.74, 6) is 2.39. The summed E-state index contributed by atoms with van der Waals surface area (Å²) in [4.78, 5) is 6.68. The van der Waals surface area contributed by atoms with E-state index in [4.69, 9.17) is 0 Å². The first-order chi connectivity index (χ1) is 7.81. The molecule has 0 bridgehead atoms. The number of aliphatic hydroxyl groups excluding tert-OH is 1. The van der Waals surface area contributed by atoms with Crippen molar-refractivity contribution in [2.75, 3.05) is 29.5 Å². The highest BCUT2D eigenvalue weighted by molar-refractivity contribution is 7.99. The van der Waals surface area contributed by atoms with Crippen molar-refractivity contribution >= 4 is 17.4 Å². The molecule has 0 spiro atoms. The summed E-state index contributed by atoms with van der Waals surface area (Å²) in [6.45, 7) is 4.16. The van der Waals surface area contributed by atoms with Crippen LogP contribution in [0, 0.1) is 0 Å². The lowest BCUT2D eigenvalue weighted by Gasteiger charge is -2.28. The highest BCUT2D eigenvalue weighted by atomic mass is 32.2. The summed E-state index contributed by atoms with van der Waals surface area (Å²) in [5.41, 5.74) is 1.95. The van der Waals surface area contributed by atoms with Gasteiger partial charge in [-0.3, -0.25) is 4.98 Å². The van der Waals surface area contributed by atoms with Gasteiger partial charge in [-0.1, -0.05) is 6.92 Å². The molecule has 0 aliphatic carbocycles. The molecule has 1 aliphatic heterocycles. The van der Waals surface area contributed by atoms with Crippen molar-refractivity contribution in [3.8, 4) is 0 Å². The molecule has 1 aromatic heterocycles. The van der Waals surface area contributed by atoms with Crippen molar-refractivity contribution in [3.63, 3.8) is 0 Å². The fourth-order valence-corrected chi connectivity index (χ4v) is 2.72. The Morgan fingerprint density at radius 3 is 2.75 bits per heavy atom. The van der Waals surface area contributed by atoms with Crippen molar-refractivity contribution in [1.29, 1.82) is 0 Å². The smallest absolute Gasteiger partial charge is 0.0957 e. The molecule has 0 radical (unpaired) electrons. The second-order valence-corrected chi connectivity index (χ2v) is 5.19. The second-order valence-electron chi connectivity index (χ2n) is 3.96. The van der Waals surface area contributed by atoms with Gasteiger partial charge in [-0.25, -0.2) is 0 Å². The molecule has 0 saturated carbocycles. The molecule has 1 unspecified atom stereocenters. The summed E-state index contributed by atoms with van der Waals surface area (Å²) < 4.78 is 0. The largest absolute Gasteiger partial charge is 0.387 e. The Morgan fingerprint density at radius 1 is 1.44 bits per heavy atom. The standard InChI is InChI=1S/C12H18N2OS/c1-2-12(15)11-4-3-10(9-13-11)14-5-7-16-8-6-14/h3-4,9,12,15H,2,5-8H2,1H3. The first kappa shape index (κ1) is 11.7. The predicted octanol–water partition coefficient (Wildman–Crippen LogP) is 2.08. The van der Waals surface area contributed by atoms with Crippen LogP contribution in [0.1, 0.15) is 25.1 Å². The fraction of sp³-hybridized carbons (Fsp3) is 0.583. The minimum absolute atomic E-state index is 0.425. The Morgan fingerprint density at radius 2 is 2.19 bits per heavy atom. The Balaban J connectivity index is 2.06. The van der Waals surface area contributed by atoms with Gasteiger partial charge in [0.2, 0.25) is 0 Å². The molecule has 2 rings (SSSR count).